The SMILES string of the molecule is CCC(C)C(=O)OC1(C(F)(F)F)OC(CC)(C(F)(F)F)C(F)(F)C(O)(C2CCCCC2)C1(F)F. The average Bonchev–Trinajstić information content (AvgIpc) is 2.72. The van der Waals surface area contributed by atoms with Crippen LogP contribution in [0.1, 0.15) is 65.7 Å². The summed E-state index contributed by atoms with van der Waals surface area (Å²) in [6.45, 7) is 2.53. The summed E-state index contributed by atoms with van der Waals surface area (Å²) in [6.07, 6.45) is -16.6. The van der Waals surface area contributed by atoms with Crippen LogP contribution in [-0.2, 0) is 14.3 Å². The lowest BCUT2D eigenvalue weighted by atomic mass is 9.61. The molecule has 0 amide bonds. The molecule has 1 aliphatic carbocycles. The van der Waals surface area contributed by atoms with Crippen molar-refractivity contribution in [1.82, 2.24) is 0 Å². The van der Waals surface area contributed by atoms with Gasteiger partial charge < -0.3 is 14.6 Å². The Bertz CT molecular complexity index is 761. The number of ether oxygens (including phenoxy) is 2. The zero-order chi connectivity index (χ0) is 26.6. The number of halogens is 10. The molecule has 1 heterocycles. The van der Waals surface area contributed by atoms with Gasteiger partial charge in [0.05, 0.1) is 5.92 Å². The molecule has 1 N–H and O–H groups in total. The van der Waals surface area contributed by atoms with Crippen LogP contribution in [0.25, 0.3) is 0 Å². The summed E-state index contributed by atoms with van der Waals surface area (Å²) in [5.74, 6) is -24.0. The summed E-state index contributed by atoms with van der Waals surface area (Å²) in [5.41, 5.74) is -10.5. The van der Waals surface area contributed by atoms with Gasteiger partial charge in [-0.25, -0.2) is 0 Å². The van der Waals surface area contributed by atoms with Crippen LogP contribution in [0.15, 0.2) is 0 Å². The van der Waals surface area contributed by atoms with Gasteiger partial charge in [0.1, 0.15) is 0 Å². The van der Waals surface area contributed by atoms with Gasteiger partial charge in [-0.3, -0.25) is 4.79 Å². The molecule has 1 saturated carbocycles. The lowest BCUT2D eigenvalue weighted by molar-refractivity contribution is -0.563. The van der Waals surface area contributed by atoms with E-state index in [0.29, 0.717) is 6.92 Å². The molecule has 0 spiro atoms. The molecule has 4 unspecified atom stereocenters. The smallest absolute Gasteiger partial charge is 0.418 e. The average molecular weight is 520 g/mol. The molecule has 1 aliphatic heterocycles. The number of esters is 1. The topological polar surface area (TPSA) is 55.8 Å². The Balaban J connectivity index is 2.99. The van der Waals surface area contributed by atoms with Crippen LogP contribution in [0.2, 0.25) is 0 Å². The summed E-state index contributed by atoms with van der Waals surface area (Å²) in [6, 6.07) is 0. The van der Waals surface area contributed by atoms with Crippen LogP contribution >= 0.6 is 0 Å². The Morgan fingerprint density at radius 2 is 1.47 bits per heavy atom. The van der Waals surface area contributed by atoms with Crippen molar-refractivity contribution in [2.24, 2.45) is 11.8 Å². The normalized spacial score (nSPS) is 35.6. The van der Waals surface area contributed by atoms with Gasteiger partial charge >= 0.3 is 36.0 Å². The van der Waals surface area contributed by atoms with Crippen molar-refractivity contribution in [2.75, 3.05) is 0 Å². The first-order chi connectivity index (χ1) is 15.2. The van der Waals surface area contributed by atoms with Crippen molar-refractivity contribution in [1.29, 1.82) is 0 Å². The predicted molar refractivity (Wildman–Crippen MR) is 95.9 cm³/mol. The highest BCUT2D eigenvalue weighted by molar-refractivity contribution is 5.72. The Morgan fingerprint density at radius 1 is 0.971 bits per heavy atom. The van der Waals surface area contributed by atoms with Crippen LogP contribution in [-0.4, -0.2) is 52.3 Å². The quantitative estimate of drug-likeness (QED) is 0.349. The highest BCUT2D eigenvalue weighted by Crippen LogP contribution is 2.69. The Kier molecular flexibility index (Phi) is 7.37. The molecule has 0 aromatic heterocycles. The number of alkyl halides is 10. The van der Waals surface area contributed by atoms with Gasteiger partial charge in [-0.1, -0.05) is 40.0 Å². The van der Waals surface area contributed by atoms with Crippen LogP contribution in [0.5, 0.6) is 0 Å². The van der Waals surface area contributed by atoms with E-state index in [9.17, 15) is 36.2 Å². The molecule has 34 heavy (non-hydrogen) atoms. The van der Waals surface area contributed by atoms with Crippen molar-refractivity contribution in [3.05, 3.63) is 0 Å². The summed E-state index contributed by atoms with van der Waals surface area (Å²) in [7, 11) is 0. The van der Waals surface area contributed by atoms with Crippen molar-refractivity contribution >= 4 is 5.97 Å². The molecule has 0 aromatic rings. The van der Waals surface area contributed by atoms with Crippen molar-refractivity contribution in [3.63, 3.8) is 0 Å². The number of rotatable bonds is 5. The van der Waals surface area contributed by atoms with Crippen LogP contribution in [0.4, 0.5) is 43.9 Å². The van der Waals surface area contributed by atoms with E-state index >= 15 is 17.6 Å². The molecule has 0 aromatic carbocycles. The van der Waals surface area contributed by atoms with Crippen molar-refractivity contribution < 1.29 is 63.3 Å². The molecular formula is C20H26F10O4. The molecule has 200 valence electrons. The third kappa shape index (κ3) is 3.60. The maximum Gasteiger partial charge on any atom is 0.462 e. The van der Waals surface area contributed by atoms with Gasteiger partial charge in [0.25, 0.3) is 0 Å². The first kappa shape index (κ1) is 28.9. The fourth-order valence-electron chi connectivity index (χ4n) is 4.68. The first-order valence-electron chi connectivity index (χ1n) is 10.8. The third-order valence-corrected chi connectivity index (χ3v) is 6.98. The molecule has 2 rings (SSSR count). The van der Waals surface area contributed by atoms with E-state index in [4.69, 9.17) is 0 Å². The van der Waals surface area contributed by atoms with E-state index in [1.165, 1.54) is 6.92 Å². The third-order valence-electron chi connectivity index (χ3n) is 6.98. The lowest BCUT2D eigenvalue weighted by Crippen LogP contribution is -2.89. The molecule has 0 bridgehead atoms. The molecular weight excluding hydrogens is 494 g/mol. The largest absolute Gasteiger partial charge is 0.462 e. The van der Waals surface area contributed by atoms with Gasteiger partial charge in [0.15, 0.2) is 0 Å². The van der Waals surface area contributed by atoms with E-state index in [1.807, 2.05) is 0 Å². The molecule has 4 nitrogen and oxygen atoms in total. The molecule has 2 aliphatic rings. The maximum absolute atomic E-state index is 15.7. The van der Waals surface area contributed by atoms with Crippen LogP contribution in [0, 0.1) is 11.8 Å². The van der Waals surface area contributed by atoms with E-state index < -0.39 is 78.3 Å². The second-order valence-corrected chi connectivity index (χ2v) is 8.88. The number of hydrogen-bond acceptors (Lipinski definition) is 4. The zero-order valence-electron chi connectivity index (χ0n) is 18.6. The first-order valence-corrected chi connectivity index (χ1v) is 10.8. The van der Waals surface area contributed by atoms with Crippen LogP contribution < -0.4 is 0 Å². The monoisotopic (exact) mass is 520 g/mol. The number of carbonyl (C=O) groups is 1. The minimum atomic E-state index is -6.65. The number of hydrogen-bond donors (Lipinski definition) is 1. The fraction of sp³-hybridized carbons (Fsp3) is 0.950. The van der Waals surface area contributed by atoms with Crippen molar-refractivity contribution in [2.45, 2.75) is 107 Å². The van der Waals surface area contributed by atoms with Gasteiger partial charge in [0, 0.05) is 5.92 Å². The minimum absolute atomic E-state index is 0.100. The van der Waals surface area contributed by atoms with Gasteiger partial charge in [0.2, 0.25) is 11.2 Å². The second kappa shape index (κ2) is 8.67. The van der Waals surface area contributed by atoms with Gasteiger partial charge in [-0.2, -0.15) is 43.9 Å². The Hall–Kier alpha value is -1.31. The summed E-state index contributed by atoms with van der Waals surface area (Å²) in [4.78, 5) is 12.2. The van der Waals surface area contributed by atoms with E-state index in [2.05, 4.69) is 9.47 Å². The van der Waals surface area contributed by atoms with Gasteiger partial charge in [-0.15, -0.1) is 0 Å². The number of carbonyl (C=O) groups excluding carboxylic acids is 1. The Morgan fingerprint density at radius 3 is 1.85 bits per heavy atom. The fourth-order valence-corrected chi connectivity index (χ4v) is 4.68. The summed E-state index contributed by atoms with van der Waals surface area (Å²) in [5, 5.41) is 10.8. The molecule has 2 fully saturated rings. The molecule has 0 radical (unpaired) electrons. The standard InChI is InChI=1S/C20H26F10O4/c1-4-11(3)13(31)33-18(20(28,29)30)17(23,24)15(32,12-9-7-6-8-10-12)16(21,22)14(5-2,34-18)19(25,26)27/h11-12,32H,4-10H2,1-3H3. The lowest BCUT2D eigenvalue weighted by Gasteiger charge is -2.62. The van der Waals surface area contributed by atoms with Gasteiger partial charge in [-0.05, 0) is 25.7 Å². The highest BCUT2D eigenvalue weighted by Gasteiger charge is 2.97. The second-order valence-electron chi connectivity index (χ2n) is 8.88. The van der Waals surface area contributed by atoms with Crippen molar-refractivity contribution in [3.8, 4) is 0 Å². The zero-order valence-corrected chi connectivity index (χ0v) is 18.6. The highest BCUT2D eigenvalue weighted by atomic mass is 19.4. The number of aliphatic hydroxyl groups is 1. The maximum atomic E-state index is 15.7. The molecule has 14 heteroatoms. The van der Waals surface area contributed by atoms with E-state index in [0.717, 1.165) is 6.92 Å². The minimum Gasteiger partial charge on any atom is -0.418 e. The summed E-state index contributed by atoms with van der Waals surface area (Å²) < 4.78 is 155. The predicted octanol–water partition coefficient (Wildman–Crippen LogP) is 6.16. The molecule has 4 atom stereocenters. The van der Waals surface area contributed by atoms with E-state index in [-0.39, 0.29) is 25.7 Å². The Labute approximate surface area is 188 Å². The van der Waals surface area contributed by atoms with Crippen LogP contribution in [0.3, 0.4) is 0 Å². The molecule has 1 saturated heterocycles. The summed E-state index contributed by atoms with van der Waals surface area (Å²) >= 11 is 0. The van der Waals surface area contributed by atoms with E-state index in [1.54, 1.807) is 0 Å².